The van der Waals surface area contributed by atoms with Crippen LogP contribution in [0.4, 0.5) is 0 Å². The number of likely N-dealkylation sites (tertiary alicyclic amines) is 1. The lowest BCUT2D eigenvalue weighted by Crippen LogP contribution is -2.37. The van der Waals surface area contributed by atoms with Crippen LogP contribution in [0.5, 0.6) is 0 Å². The van der Waals surface area contributed by atoms with Gasteiger partial charge in [0.2, 0.25) is 10.0 Å². The number of benzene rings is 1. The van der Waals surface area contributed by atoms with Crippen molar-refractivity contribution in [2.75, 3.05) is 33.7 Å². The van der Waals surface area contributed by atoms with Crippen molar-refractivity contribution in [1.29, 1.82) is 0 Å². The Bertz CT molecular complexity index is 913. The van der Waals surface area contributed by atoms with Gasteiger partial charge < -0.3 is 9.88 Å². The molecule has 0 bridgehead atoms. The molecule has 2 aromatic rings. The molecular weight excluding hydrogens is 376 g/mol. The van der Waals surface area contributed by atoms with Crippen LogP contribution in [0.2, 0.25) is 0 Å². The van der Waals surface area contributed by atoms with Crippen molar-refractivity contribution in [2.45, 2.75) is 23.8 Å². The zero-order valence-electron chi connectivity index (χ0n) is 16.6. The molecule has 0 radical (unpaired) electrons. The molecule has 28 heavy (non-hydrogen) atoms. The number of nitrogens with zero attached hydrogens (tertiary/aromatic N) is 3. The van der Waals surface area contributed by atoms with Crippen molar-refractivity contribution in [3.8, 4) is 0 Å². The number of nitrogens with one attached hydrogen (secondary N) is 1. The van der Waals surface area contributed by atoms with Crippen molar-refractivity contribution in [3.63, 3.8) is 0 Å². The third-order valence-electron chi connectivity index (χ3n) is 5.26. The summed E-state index contributed by atoms with van der Waals surface area (Å²) in [6.07, 6.45) is 4.37. The van der Waals surface area contributed by atoms with Gasteiger partial charge in [-0.25, -0.2) is 12.7 Å². The molecule has 0 saturated carbocycles. The predicted molar refractivity (Wildman–Crippen MR) is 109 cm³/mol. The quantitative estimate of drug-likeness (QED) is 0.764. The van der Waals surface area contributed by atoms with E-state index in [1.54, 1.807) is 12.1 Å². The molecule has 3 rings (SSSR count). The van der Waals surface area contributed by atoms with Crippen LogP contribution in [0.15, 0.2) is 47.5 Å². The first-order valence-corrected chi connectivity index (χ1v) is 10.9. The Morgan fingerprint density at radius 1 is 1.14 bits per heavy atom. The van der Waals surface area contributed by atoms with Gasteiger partial charge in [0.1, 0.15) is 0 Å². The van der Waals surface area contributed by atoms with Crippen LogP contribution in [0, 0.1) is 0 Å². The van der Waals surface area contributed by atoms with E-state index in [4.69, 9.17) is 0 Å². The highest BCUT2D eigenvalue weighted by atomic mass is 32.2. The zero-order chi connectivity index (χ0) is 20.3. The van der Waals surface area contributed by atoms with Gasteiger partial charge in [0.25, 0.3) is 5.91 Å². The van der Waals surface area contributed by atoms with Crippen molar-refractivity contribution in [1.82, 2.24) is 19.1 Å². The van der Waals surface area contributed by atoms with Crippen molar-refractivity contribution < 1.29 is 13.2 Å². The number of rotatable bonds is 7. The van der Waals surface area contributed by atoms with Crippen LogP contribution in [0.25, 0.3) is 0 Å². The minimum Gasteiger partial charge on any atom is -0.353 e. The first-order chi connectivity index (χ1) is 13.3. The standard InChI is InChI=1S/C20H28N4O3S/c1-22(2)28(26,27)17-10-8-16(9-11-17)20(25)21-15-19(24-13-4-5-14-24)18-7-6-12-23(18)3/h6-12,19H,4-5,13-15H2,1-3H3,(H,21,25)/t19-/m1/s1. The maximum Gasteiger partial charge on any atom is 0.251 e. The Balaban J connectivity index is 1.70. The third kappa shape index (κ3) is 4.29. The molecule has 1 fully saturated rings. The van der Waals surface area contributed by atoms with E-state index in [0.29, 0.717) is 12.1 Å². The smallest absolute Gasteiger partial charge is 0.251 e. The predicted octanol–water partition coefficient (Wildman–Crippen LogP) is 1.84. The van der Waals surface area contributed by atoms with Crippen LogP contribution in [0.3, 0.4) is 0 Å². The summed E-state index contributed by atoms with van der Waals surface area (Å²) in [4.78, 5) is 15.2. The van der Waals surface area contributed by atoms with Gasteiger partial charge in [0.15, 0.2) is 0 Å². The normalized spacial score (nSPS) is 16.4. The number of aromatic nitrogens is 1. The largest absolute Gasteiger partial charge is 0.353 e. The molecular formula is C20H28N4O3S. The van der Waals surface area contributed by atoms with Gasteiger partial charge in [-0.3, -0.25) is 9.69 Å². The second kappa shape index (κ2) is 8.46. The van der Waals surface area contributed by atoms with E-state index in [2.05, 4.69) is 20.9 Å². The first kappa shape index (κ1) is 20.6. The third-order valence-corrected chi connectivity index (χ3v) is 7.09. The molecule has 1 aromatic heterocycles. The van der Waals surface area contributed by atoms with Gasteiger partial charge in [-0.1, -0.05) is 0 Å². The summed E-state index contributed by atoms with van der Waals surface area (Å²) in [5, 5.41) is 3.02. The summed E-state index contributed by atoms with van der Waals surface area (Å²) in [6.45, 7) is 2.57. The molecule has 2 heterocycles. The lowest BCUT2D eigenvalue weighted by molar-refractivity contribution is 0.0936. The summed E-state index contributed by atoms with van der Waals surface area (Å²) < 4.78 is 27.6. The molecule has 1 saturated heterocycles. The maximum atomic E-state index is 12.6. The number of hydrogen-bond acceptors (Lipinski definition) is 4. The van der Waals surface area contributed by atoms with E-state index in [-0.39, 0.29) is 16.8 Å². The number of carbonyl (C=O) groups is 1. The summed E-state index contributed by atoms with van der Waals surface area (Å²) in [5.74, 6) is -0.202. The van der Waals surface area contributed by atoms with Crippen LogP contribution in [-0.2, 0) is 17.1 Å². The van der Waals surface area contributed by atoms with Crippen molar-refractivity contribution >= 4 is 15.9 Å². The van der Waals surface area contributed by atoms with Crippen LogP contribution in [-0.4, -0.2) is 61.8 Å². The fourth-order valence-electron chi connectivity index (χ4n) is 3.58. The van der Waals surface area contributed by atoms with Gasteiger partial charge in [0.05, 0.1) is 10.9 Å². The Morgan fingerprint density at radius 2 is 1.79 bits per heavy atom. The number of carbonyl (C=O) groups excluding carboxylic acids is 1. The fourth-order valence-corrected chi connectivity index (χ4v) is 4.48. The van der Waals surface area contributed by atoms with E-state index in [1.807, 2.05) is 19.3 Å². The molecule has 7 nitrogen and oxygen atoms in total. The fraction of sp³-hybridized carbons (Fsp3) is 0.450. The van der Waals surface area contributed by atoms with E-state index in [1.165, 1.54) is 44.8 Å². The van der Waals surface area contributed by atoms with Crippen LogP contribution >= 0.6 is 0 Å². The SMILES string of the molecule is CN(C)S(=O)(=O)c1ccc(C(=O)NC[C@H](c2cccn2C)N2CCCC2)cc1. The number of hydrogen-bond donors (Lipinski definition) is 1. The summed E-state index contributed by atoms with van der Waals surface area (Å²) in [6, 6.07) is 10.3. The average Bonchev–Trinajstić information content (AvgIpc) is 3.34. The van der Waals surface area contributed by atoms with Gasteiger partial charge in [-0.05, 0) is 62.3 Å². The highest BCUT2D eigenvalue weighted by molar-refractivity contribution is 7.89. The second-order valence-corrected chi connectivity index (χ2v) is 9.48. The summed E-state index contributed by atoms with van der Waals surface area (Å²) in [5.41, 5.74) is 1.62. The zero-order valence-corrected chi connectivity index (χ0v) is 17.4. The molecule has 1 amide bonds. The van der Waals surface area contributed by atoms with Crippen molar-refractivity contribution in [2.24, 2.45) is 7.05 Å². The Morgan fingerprint density at radius 3 is 2.32 bits per heavy atom. The monoisotopic (exact) mass is 404 g/mol. The molecule has 1 aliphatic heterocycles. The number of amides is 1. The highest BCUT2D eigenvalue weighted by Gasteiger charge is 2.26. The Labute approximate surface area is 167 Å². The van der Waals surface area contributed by atoms with Crippen LogP contribution in [0.1, 0.15) is 34.9 Å². The summed E-state index contributed by atoms with van der Waals surface area (Å²) >= 11 is 0. The van der Waals surface area contributed by atoms with E-state index in [0.717, 1.165) is 17.4 Å². The Hall–Kier alpha value is -2.16. The maximum absolute atomic E-state index is 12.6. The first-order valence-electron chi connectivity index (χ1n) is 9.47. The lowest BCUT2D eigenvalue weighted by Gasteiger charge is -2.28. The molecule has 0 aliphatic carbocycles. The Kier molecular flexibility index (Phi) is 6.22. The van der Waals surface area contributed by atoms with Crippen LogP contribution < -0.4 is 5.32 Å². The molecule has 1 N–H and O–H groups in total. The van der Waals surface area contributed by atoms with E-state index in [9.17, 15) is 13.2 Å². The minimum atomic E-state index is -3.50. The molecule has 8 heteroatoms. The van der Waals surface area contributed by atoms with Crippen molar-refractivity contribution in [3.05, 3.63) is 53.9 Å². The minimum absolute atomic E-state index is 0.125. The topological polar surface area (TPSA) is 74.6 Å². The molecule has 0 unspecified atom stereocenters. The van der Waals surface area contributed by atoms with E-state index < -0.39 is 10.0 Å². The van der Waals surface area contributed by atoms with Gasteiger partial charge in [-0.2, -0.15) is 0 Å². The highest BCUT2D eigenvalue weighted by Crippen LogP contribution is 2.24. The van der Waals surface area contributed by atoms with Gasteiger partial charge in [-0.15, -0.1) is 0 Å². The molecule has 1 aliphatic rings. The second-order valence-electron chi connectivity index (χ2n) is 7.32. The van der Waals surface area contributed by atoms with Gasteiger partial charge >= 0.3 is 0 Å². The molecule has 1 aromatic carbocycles. The van der Waals surface area contributed by atoms with E-state index >= 15 is 0 Å². The van der Waals surface area contributed by atoms with Gasteiger partial charge in [0, 0.05) is 45.1 Å². The molecule has 152 valence electrons. The number of sulfonamides is 1. The molecule has 0 spiro atoms. The lowest BCUT2D eigenvalue weighted by atomic mass is 10.1. The molecule has 1 atom stereocenters. The average molecular weight is 405 g/mol. The number of aryl methyl sites for hydroxylation is 1. The summed E-state index contributed by atoms with van der Waals surface area (Å²) in [7, 11) is 1.49.